The normalized spacial score (nSPS) is 11.0. The summed E-state index contributed by atoms with van der Waals surface area (Å²) in [5.41, 5.74) is 0.252. The van der Waals surface area contributed by atoms with Crippen LogP contribution in [0.3, 0.4) is 0 Å². The average Bonchev–Trinajstić information content (AvgIpc) is 3.03. The number of halogens is 1. The molecule has 1 amide bonds. The van der Waals surface area contributed by atoms with Crippen LogP contribution in [-0.4, -0.2) is 21.7 Å². The Hall–Kier alpha value is -2.19. The van der Waals surface area contributed by atoms with E-state index in [-0.39, 0.29) is 23.8 Å². The fraction of sp³-hybridized carbons (Fsp3) is 0.235. The molecule has 5 nitrogen and oxygen atoms in total. The Kier molecular flexibility index (Phi) is 5.19. The van der Waals surface area contributed by atoms with Gasteiger partial charge < -0.3 is 5.32 Å². The third-order valence-electron chi connectivity index (χ3n) is 3.63. The lowest BCUT2D eigenvalue weighted by Crippen LogP contribution is -2.29. The molecule has 1 aromatic carbocycles. The van der Waals surface area contributed by atoms with Crippen LogP contribution in [-0.2, 0) is 17.8 Å². The van der Waals surface area contributed by atoms with E-state index in [0.717, 1.165) is 11.3 Å². The molecule has 0 aliphatic heterocycles. The molecule has 0 aliphatic rings. The van der Waals surface area contributed by atoms with Crippen molar-refractivity contribution in [2.45, 2.75) is 25.0 Å². The number of amides is 1. The second-order valence-corrected chi connectivity index (χ2v) is 7.22. The van der Waals surface area contributed by atoms with Gasteiger partial charge in [-0.3, -0.25) is 14.2 Å². The first kappa shape index (κ1) is 17.6. The number of hydrogen-bond donors (Lipinski definition) is 1. The molecule has 0 unspecified atom stereocenters. The molecule has 8 heteroatoms. The summed E-state index contributed by atoms with van der Waals surface area (Å²) in [4.78, 5) is 31.3. The topological polar surface area (TPSA) is 64.0 Å². The van der Waals surface area contributed by atoms with Gasteiger partial charge in [0.2, 0.25) is 5.91 Å². The highest BCUT2D eigenvalue weighted by molar-refractivity contribution is 7.98. The molecule has 25 heavy (non-hydrogen) atoms. The van der Waals surface area contributed by atoms with Gasteiger partial charge >= 0.3 is 0 Å². The molecule has 0 fully saturated rings. The summed E-state index contributed by atoms with van der Waals surface area (Å²) < 4.78 is 14.3. The molecule has 0 spiro atoms. The van der Waals surface area contributed by atoms with E-state index >= 15 is 0 Å². The van der Waals surface area contributed by atoms with E-state index in [1.807, 2.05) is 19.2 Å². The molecular formula is C17H16FN3O2S2. The fourth-order valence-corrected chi connectivity index (χ4v) is 3.96. The van der Waals surface area contributed by atoms with Crippen LogP contribution in [0.2, 0.25) is 0 Å². The summed E-state index contributed by atoms with van der Waals surface area (Å²) in [7, 11) is 0. The number of thioether (sulfide) groups is 1. The largest absolute Gasteiger partial charge is 0.325 e. The molecule has 0 radical (unpaired) electrons. The molecule has 0 saturated heterocycles. The SMILES string of the molecule is CCc1cc2c(=O)n(CC(=O)Nc3ccc(F)cc3)c(SC)nc2s1. The summed E-state index contributed by atoms with van der Waals surface area (Å²) in [6, 6.07) is 7.31. The van der Waals surface area contributed by atoms with Gasteiger partial charge in [0.15, 0.2) is 5.16 Å². The van der Waals surface area contributed by atoms with Crippen LogP contribution in [0.4, 0.5) is 10.1 Å². The summed E-state index contributed by atoms with van der Waals surface area (Å²) in [5.74, 6) is -0.742. The first-order valence-corrected chi connectivity index (χ1v) is 9.68. The molecule has 3 rings (SSSR count). The van der Waals surface area contributed by atoms with Gasteiger partial charge in [-0.2, -0.15) is 0 Å². The number of rotatable bonds is 5. The van der Waals surface area contributed by atoms with Crippen molar-refractivity contribution in [1.29, 1.82) is 0 Å². The van der Waals surface area contributed by atoms with Gasteiger partial charge in [0.05, 0.1) is 5.39 Å². The Labute approximate surface area is 151 Å². The zero-order chi connectivity index (χ0) is 18.0. The number of aromatic nitrogens is 2. The summed E-state index contributed by atoms with van der Waals surface area (Å²) in [6.45, 7) is 1.88. The van der Waals surface area contributed by atoms with E-state index in [2.05, 4.69) is 10.3 Å². The van der Waals surface area contributed by atoms with Crippen molar-refractivity contribution in [3.63, 3.8) is 0 Å². The van der Waals surface area contributed by atoms with E-state index in [0.29, 0.717) is 21.1 Å². The van der Waals surface area contributed by atoms with Crippen molar-refractivity contribution in [3.05, 3.63) is 51.4 Å². The molecule has 0 aliphatic carbocycles. The molecule has 3 aromatic rings. The minimum Gasteiger partial charge on any atom is -0.325 e. The van der Waals surface area contributed by atoms with Crippen LogP contribution in [0.5, 0.6) is 0 Å². The molecule has 130 valence electrons. The average molecular weight is 377 g/mol. The zero-order valence-electron chi connectivity index (χ0n) is 13.7. The van der Waals surface area contributed by atoms with Crippen LogP contribution in [0, 0.1) is 5.82 Å². The van der Waals surface area contributed by atoms with Crippen molar-refractivity contribution in [2.75, 3.05) is 11.6 Å². The van der Waals surface area contributed by atoms with E-state index in [1.54, 1.807) is 0 Å². The third-order valence-corrected chi connectivity index (χ3v) is 5.48. The first-order chi connectivity index (χ1) is 12.0. The number of carbonyl (C=O) groups is 1. The minimum absolute atomic E-state index is 0.146. The molecule has 0 bridgehead atoms. The Balaban J connectivity index is 1.91. The van der Waals surface area contributed by atoms with Crippen LogP contribution in [0.15, 0.2) is 40.3 Å². The molecule has 2 aromatic heterocycles. The Morgan fingerprint density at radius 1 is 1.36 bits per heavy atom. The van der Waals surface area contributed by atoms with Gasteiger partial charge in [0.1, 0.15) is 17.2 Å². The van der Waals surface area contributed by atoms with E-state index in [4.69, 9.17) is 0 Å². The van der Waals surface area contributed by atoms with Crippen LogP contribution in [0.1, 0.15) is 11.8 Å². The Morgan fingerprint density at radius 3 is 2.72 bits per heavy atom. The monoisotopic (exact) mass is 377 g/mol. The number of hydrogen-bond acceptors (Lipinski definition) is 5. The van der Waals surface area contributed by atoms with E-state index < -0.39 is 0 Å². The van der Waals surface area contributed by atoms with Gasteiger partial charge in [0.25, 0.3) is 5.56 Å². The fourth-order valence-electron chi connectivity index (χ4n) is 2.39. The second-order valence-electron chi connectivity index (χ2n) is 5.33. The summed E-state index contributed by atoms with van der Waals surface area (Å²) in [6.07, 6.45) is 2.65. The second kappa shape index (κ2) is 7.37. The number of nitrogens with one attached hydrogen (secondary N) is 1. The number of carbonyl (C=O) groups excluding carboxylic acids is 1. The molecular weight excluding hydrogens is 361 g/mol. The number of benzene rings is 1. The highest BCUT2D eigenvalue weighted by Gasteiger charge is 2.15. The van der Waals surface area contributed by atoms with Crippen molar-refractivity contribution in [3.8, 4) is 0 Å². The maximum atomic E-state index is 12.9. The number of aryl methyl sites for hydroxylation is 1. The van der Waals surface area contributed by atoms with Crippen molar-refractivity contribution in [2.24, 2.45) is 0 Å². The third kappa shape index (κ3) is 3.74. The summed E-state index contributed by atoms with van der Waals surface area (Å²) in [5, 5.41) is 3.69. The maximum absolute atomic E-state index is 12.9. The standard InChI is InChI=1S/C17H16FN3O2S2/c1-3-12-8-13-15(25-12)20-17(24-2)21(16(13)23)9-14(22)19-11-6-4-10(18)5-7-11/h4-8H,3,9H2,1-2H3,(H,19,22). The van der Waals surface area contributed by atoms with Gasteiger partial charge in [-0.05, 0) is 43.0 Å². The lowest BCUT2D eigenvalue weighted by Gasteiger charge is -2.11. The van der Waals surface area contributed by atoms with Crippen LogP contribution in [0.25, 0.3) is 10.2 Å². The van der Waals surface area contributed by atoms with E-state index in [9.17, 15) is 14.0 Å². The molecule has 2 heterocycles. The predicted molar refractivity (Wildman–Crippen MR) is 100 cm³/mol. The molecule has 1 N–H and O–H groups in total. The van der Waals surface area contributed by atoms with Crippen molar-refractivity contribution < 1.29 is 9.18 Å². The van der Waals surface area contributed by atoms with Crippen molar-refractivity contribution in [1.82, 2.24) is 9.55 Å². The van der Waals surface area contributed by atoms with Gasteiger partial charge in [-0.25, -0.2) is 9.37 Å². The predicted octanol–water partition coefficient (Wildman–Crippen LogP) is 3.52. The zero-order valence-corrected chi connectivity index (χ0v) is 15.3. The highest BCUT2D eigenvalue weighted by Crippen LogP contribution is 2.24. The van der Waals surface area contributed by atoms with Crippen LogP contribution >= 0.6 is 23.1 Å². The number of thiophene rings is 1. The van der Waals surface area contributed by atoms with Crippen LogP contribution < -0.4 is 10.9 Å². The quantitative estimate of drug-likeness (QED) is 0.546. The minimum atomic E-state index is -0.377. The summed E-state index contributed by atoms with van der Waals surface area (Å²) >= 11 is 2.82. The van der Waals surface area contributed by atoms with Gasteiger partial charge in [-0.1, -0.05) is 18.7 Å². The molecule has 0 saturated carbocycles. The van der Waals surface area contributed by atoms with Crippen molar-refractivity contribution >= 4 is 44.9 Å². The molecule has 0 atom stereocenters. The lowest BCUT2D eigenvalue weighted by molar-refractivity contribution is -0.116. The highest BCUT2D eigenvalue weighted by atomic mass is 32.2. The lowest BCUT2D eigenvalue weighted by atomic mass is 10.3. The maximum Gasteiger partial charge on any atom is 0.263 e. The first-order valence-electron chi connectivity index (χ1n) is 7.64. The number of anilines is 1. The van der Waals surface area contributed by atoms with E-state index in [1.165, 1.54) is 51.9 Å². The Morgan fingerprint density at radius 2 is 2.08 bits per heavy atom. The number of nitrogens with zero attached hydrogens (tertiary/aromatic N) is 2. The number of fused-ring (bicyclic) bond motifs is 1. The Bertz CT molecular complexity index is 980. The van der Waals surface area contributed by atoms with Gasteiger partial charge in [-0.15, -0.1) is 11.3 Å². The smallest absolute Gasteiger partial charge is 0.263 e. The van der Waals surface area contributed by atoms with Gasteiger partial charge in [0, 0.05) is 10.6 Å².